The van der Waals surface area contributed by atoms with Crippen molar-refractivity contribution in [1.29, 1.82) is 0 Å². The molecule has 0 saturated carbocycles. The van der Waals surface area contributed by atoms with Gasteiger partial charge >= 0.3 is 0 Å². The van der Waals surface area contributed by atoms with Crippen LogP contribution >= 0.6 is 0 Å². The molecule has 5 rings (SSSR count). The topological polar surface area (TPSA) is 64.7 Å². The van der Waals surface area contributed by atoms with Crippen molar-refractivity contribution < 1.29 is 9.18 Å². The lowest BCUT2D eigenvalue weighted by atomic mass is 10.2. The lowest BCUT2D eigenvalue weighted by molar-refractivity contribution is 0.101. The maximum atomic E-state index is 13.7. The third-order valence-corrected chi connectivity index (χ3v) is 5.50. The lowest BCUT2D eigenvalue weighted by Gasteiger charge is -2.11. The molecule has 3 heterocycles. The van der Waals surface area contributed by atoms with E-state index in [2.05, 4.69) is 15.3 Å². The van der Waals surface area contributed by atoms with Crippen LogP contribution in [0, 0.1) is 12.7 Å². The number of halogens is 1. The summed E-state index contributed by atoms with van der Waals surface area (Å²) in [7, 11) is 1.96. The van der Waals surface area contributed by atoms with E-state index < -0.39 is 0 Å². The molecule has 3 aromatic heterocycles. The fourth-order valence-corrected chi connectivity index (χ4v) is 3.86. The highest BCUT2D eigenvalue weighted by Gasteiger charge is 2.17. The van der Waals surface area contributed by atoms with Crippen molar-refractivity contribution in [3.05, 3.63) is 89.8 Å². The molecule has 0 aliphatic heterocycles. The molecule has 6 nitrogen and oxygen atoms in total. The van der Waals surface area contributed by atoms with Gasteiger partial charge in [-0.25, -0.2) is 9.37 Å². The average Bonchev–Trinajstić information content (AvgIpc) is 3.25. The first-order valence-corrected chi connectivity index (χ1v) is 9.93. The molecule has 0 atom stereocenters. The first-order valence-electron chi connectivity index (χ1n) is 9.93. The summed E-state index contributed by atoms with van der Waals surface area (Å²) in [6.45, 7) is 2.30. The first kappa shape index (κ1) is 19.0. The highest BCUT2D eigenvalue weighted by Crippen LogP contribution is 2.23. The number of benzene rings is 2. The number of nitrogens with one attached hydrogen (secondary N) is 1. The predicted molar refractivity (Wildman–Crippen MR) is 119 cm³/mol. The van der Waals surface area contributed by atoms with E-state index in [0.717, 1.165) is 27.9 Å². The first-order chi connectivity index (χ1) is 15.0. The van der Waals surface area contributed by atoms with Crippen LogP contribution in [-0.2, 0) is 13.6 Å². The minimum atomic E-state index is -0.308. The third-order valence-electron chi connectivity index (χ3n) is 5.50. The monoisotopic (exact) mass is 413 g/mol. The zero-order valence-electron chi connectivity index (χ0n) is 17.1. The van der Waals surface area contributed by atoms with E-state index in [1.54, 1.807) is 18.3 Å². The largest absolute Gasteiger partial charge is 0.331 e. The van der Waals surface area contributed by atoms with Crippen molar-refractivity contribution in [3.63, 3.8) is 0 Å². The molecular formula is C24H20FN5O. The number of pyridine rings is 1. The maximum Gasteiger partial charge on any atom is 0.272 e. The van der Waals surface area contributed by atoms with Gasteiger partial charge in [-0.15, -0.1) is 0 Å². The van der Waals surface area contributed by atoms with E-state index in [1.807, 2.05) is 59.5 Å². The number of carbonyl (C=O) groups is 1. The van der Waals surface area contributed by atoms with Gasteiger partial charge in [0.05, 0.1) is 22.1 Å². The second-order valence-electron chi connectivity index (χ2n) is 7.53. The van der Waals surface area contributed by atoms with E-state index in [9.17, 15) is 9.18 Å². The molecule has 1 amide bonds. The van der Waals surface area contributed by atoms with Gasteiger partial charge in [0, 0.05) is 25.5 Å². The number of imidazole rings is 1. The van der Waals surface area contributed by atoms with Gasteiger partial charge in [0.15, 0.2) is 0 Å². The second kappa shape index (κ2) is 7.36. The van der Waals surface area contributed by atoms with Crippen LogP contribution in [0.2, 0.25) is 0 Å². The number of amides is 1. The zero-order chi connectivity index (χ0) is 21.5. The SMILES string of the molecule is Cc1nc2cc(NC(=O)c3cc4ncccc4n3Cc3cccc(F)c3)ccc2n1C. The molecule has 7 heteroatoms. The van der Waals surface area contributed by atoms with Crippen molar-refractivity contribution in [2.45, 2.75) is 13.5 Å². The number of nitrogens with zero attached hydrogens (tertiary/aromatic N) is 4. The summed E-state index contributed by atoms with van der Waals surface area (Å²) in [4.78, 5) is 22.1. The lowest BCUT2D eigenvalue weighted by Crippen LogP contribution is -2.17. The van der Waals surface area contributed by atoms with Crippen LogP contribution in [0.4, 0.5) is 10.1 Å². The molecule has 5 aromatic rings. The number of fused-ring (bicyclic) bond motifs is 2. The summed E-state index contributed by atoms with van der Waals surface area (Å²) in [5.74, 6) is 0.332. The van der Waals surface area contributed by atoms with Crippen LogP contribution in [0.25, 0.3) is 22.1 Å². The van der Waals surface area contributed by atoms with E-state index in [0.29, 0.717) is 23.4 Å². The fraction of sp³-hybridized carbons (Fsp3) is 0.125. The Morgan fingerprint density at radius 3 is 2.74 bits per heavy atom. The summed E-state index contributed by atoms with van der Waals surface area (Å²) in [6.07, 6.45) is 1.69. The standard InChI is InChI=1S/C24H20FN5O/c1-15-27-20-12-18(8-9-21(20)29(15)2)28-24(31)23-13-19-22(7-4-10-26-19)30(23)14-16-5-3-6-17(25)11-16/h3-13H,14H2,1-2H3,(H,28,31). The summed E-state index contributed by atoms with van der Waals surface area (Å²) < 4.78 is 17.6. The van der Waals surface area contributed by atoms with Crippen LogP contribution in [0.15, 0.2) is 66.9 Å². The predicted octanol–water partition coefficient (Wildman–Crippen LogP) is 4.67. The van der Waals surface area contributed by atoms with E-state index >= 15 is 0 Å². The Hall–Kier alpha value is -4.00. The van der Waals surface area contributed by atoms with Crippen molar-refractivity contribution >= 4 is 33.7 Å². The van der Waals surface area contributed by atoms with Crippen molar-refractivity contribution in [2.75, 3.05) is 5.32 Å². The number of aryl methyl sites for hydroxylation is 2. The number of anilines is 1. The van der Waals surface area contributed by atoms with Crippen LogP contribution in [-0.4, -0.2) is 25.0 Å². The van der Waals surface area contributed by atoms with Gasteiger partial charge in [-0.1, -0.05) is 12.1 Å². The minimum absolute atomic E-state index is 0.263. The van der Waals surface area contributed by atoms with Crippen LogP contribution in [0.1, 0.15) is 21.9 Å². The molecule has 0 aliphatic carbocycles. The molecule has 31 heavy (non-hydrogen) atoms. The number of aromatic nitrogens is 4. The van der Waals surface area contributed by atoms with E-state index in [1.165, 1.54) is 12.1 Å². The molecular weight excluding hydrogens is 393 g/mol. The quantitative estimate of drug-likeness (QED) is 0.466. The molecule has 0 unspecified atom stereocenters. The van der Waals surface area contributed by atoms with Gasteiger partial charge in [-0.3, -0.25) is 9.78 Å². The second-order valence-corrected chi connectivity index (χ2v) is 7.53. The van der Waals surface area contributed by atoms with Crippen molar-refractivity contribution in [3.8, 4) is 0 Å². The Morgan fingerprint density at radius 1 is 1.03 bits per heavy atom. The van der Waals surface area contributed by atoms with Gasteiger partial charge < -0.3 is 14.5 Å². The Labute approximate surface area is 178 Å². The smallest absolute Gasteiger partial charge is 0.272 e. The normalized spacial score (nSPS) is 11.3. The van der Waals surface area contributed by atoms with E-state index in [4.69, 9.17) is 0 Å². The molecule has 0 radical (unpaired) electrons. The molecule has 154 valence electrons. The zero-order valence-corrected chi connectivity index (χ0v) is 17.1. The van der Waals surface area contributed by atoms with Crippen LogP contribution in [0.5, 0.6) is 0 Å². The van der Waals surface area contributed by atoms with Crippen molar-refractivity contribution in [1.82, 2.24) is 19.1 Å². The minimum Gasteiger partial charge on any atom is -0.331 e. The summed E-state index contributed by atoms with van der Waals surface area (Å²) >= 11 is 0. The maximum absolute atomic E-state index is 13.7. The van der Waals surface area contributed by atoms with Gasteiger partial charge in [-0.2, -0.15) is 0 Å². The highest BCUT2D eigenvalue weighted by molar-refractivity contribution is 6.06. The Morgan fingerprint density at radius 2 is 1.90 bits per heavy atom. The van der Waals surface area contributed by atoms with Crippen LogP contribution in [0.3, 0.4) is 0 Å². The molecule has 0 saturated heterocycles. The fourth-order valence-electron chi connectivity index (χ4n) is 3.86. The van der Waals surface area contributed by atoms with Gasteiger partial charge in [-0.05, 0) is 61.0 Å². The summed E-state index contributed by atoms with van der Waals surface area (Å²) in [5, 5.41) is 2.97. The molecule has 0 aliphatic rings. The average molecular weight is 413 g/mol. The number of hydrogen-bond acceptors (Lipinski definition) is 3. The number of hydrogen-bond donors (Lipinski definition) is 1. The number of carbonyl (C=O) groups excluding carboxylic acids is 1. The Balaban J connectivity index is 1.52. The molecule has 0 bridgehead atoms. The molecule has 0 spiro atoms. The van der Waals surface area contributed by atoms with Crippen molar-refractivity contribution in [2.24, 2.45) is 7.05 Å². The Kier molecular flexibility index (Phi) is 4.51. The molecule has 2 aromatic carbocycles. The highest BCUT2D eigenvalue weighted by atomic mass is 19.1. The third kappa shape index (κ3) is 3.44. The molecule has 0 fully saturated rings. The Bertz CT molecular complexity index is 1450. The van der Waals surface area contributed by atoms with Crippen LogP contribution < -0.4 is 5.32 Å². The molecule has 1 N–H and O–H groups in total. The van der Waals surface area contributed by atoms with Gasteiger partial charge in [0.1, 0.15) is 17.3 Å². The summed E-state index contributed by atoms with van der Waals surface area (Å²) in [6, 6.07) is 17.5. The van der Waals surface area contributed by atoms with Gasteiger partial charge in [0.2, 0.25) is 0 Å². The number of rotatable bonds is 4. The summed E-state index contributed by atoms with van der Waals surface area (Å²) in [5.41, 5.74) is 5.22. The van der Waals surface area contributed by atoms with E-state index in [-0.39, 0.29) is 11.7 Å². The van der Waals surface area contributed by atoms with Gasteiger partial charge in [0.25, 0.3) is 5.91 Å².